The molecule has 2 unspecified atom stereocenters. The highest BCUT2D eigenvalue weighted by Crippen LogP contribution is 2.51. The number of carbonyl (C=O) groups is 1. The maximum atomic E-state index is 12.2. The molecule has 1 saturated carbocycles. The first-order valence-electron chi connectivity index (χ1n) is 10.1. The maximum absolute atomic E-state index is 12.2. The molecule has 2 fully saturated rings. The Kier molecular flexibility index (Phi) is 8.94. The summed E-state index contributed by atoms with van der Waals surface area (Å²) in [5.41, 5.74) is 0.889. The molecule has 2 aromatic rings. The van der Waals surface area contributed by atoms with Gasteiger partial charge in [0.1, 0.15) is 5.75 Å². The van der Waals surface area contributed by atoms with Crippen LogP contribution in [0.4, 0.5) is 13.2 Å². The summed E-state index contributed by atoms with van der Waals surface area (Å²) in [7, 11) is 1.72. The van der Waals surface area contributed by atoms with Gasteiger partial charge in [0.05, 0.1) is 6.33 Å². The number of nitrogens with zero attached hydrogens (tertiary/aromatic N) is 3. The average Bonchev–Trinajstić information content (AvgIpc) is 3.04. The van der Waals surface area contributed by atoms with Gasteiger partial charge in [0.25, 0.3) is 0 Å². The fraction of sp³-hybridized carbons (Fsp3) is 0.524. The van der Waals surface area contributed by atoms with Crippen LogP contribution in [-0.4, -0.2) is 58.1 Å². The van der Waals surface area contributed by atoms with Gasteiger partial charge in [-0.15, -0.1) is 25.6 Å². The van der Waals surface area contributed by atoms with Crippen LogP contribution in [0, 0.1) is 17.8 Å². The number of carboxylic acids is 1. The second-order valence-corrected chi connectivity index (χ2v) is 7.90. The summed E-state index contributed by atoms with van der Waals surface area (Å²) in [5.74, 6) is 1.21. The average molecular weight is 477 g/mol. The van der Waals surface area contributed by atoms with Crippen LogP contribution in [0.2, 0.25) is 0 Å². The van der Waals surface area contributed by atoms with E-state index in [1.54, 1.807) is 17.7 Å². The van der Waals surface area contributed by atoms with Gasteiger partial charge in [-0.1, -0.05) is 19.1 Å². The Hall–Kier alpha value is -2.30. The molecule has 1 aromatic heterocycles. The molecule has 178 valence electrons. The summed E-state index contributed by atoms with van der Waals surface area (Å²) < 4.78 is 42.1. The van der Waals surface area contributed by atoms with Crippen molar-refractivity contribution in [3.8, 4) is 5.75 Å². The Morgan fingerprint density at radius 1 is 1.31 bits per heavy atom. The molecule has 2 aliphatic rings. The van der Waals surface area contributed by atoms with E-state index in [0.29, 0.717) is 6.54 Å². The minimum Gasteiger partial charge on any atom is -0.476 e. The van der Waals surface area contributed by atoms with Crippen molar-refractivity contribution in [2.24, 2.45) is 24.8 Å². The Balaban J connectivity index is 0.000000307. The second-order valence-electron chi connectivity index (χ2n) is 7.90. The lowest BCUT2D eigenvalue weighted by Crippen LogP contribution is -2.27. The number of aromatic nitrogens is 2. The van der Waals surface area contributed by atoms with Gasteiger partial charge in [0, 0.05) is 32.9 Å². The van der Waals surface area contributed by atoms with E-state index in [4.69, 9.17) is 5.11 Å². The number of ether oxygens (including phenoxy) is 1. The van der Waals surface area contributed by atoms with Gasteiger partial charge >= 0.3 is 12.3 Å². The number of halogens is 4. The first-order chi connectivity index (χ1) is 14.7. The molecule has 11 heteroatoms. The molecule has 0 radical (unpaired) electrons. The molecule has 2 atom stereocenters. The third-order valence-corrected chi connectivity index (χ3v) is 5.66. The van der Waals surface area contributed by atoms with E-state index in [1.165, 1.54) is 37.7 Å². The number of alkyl halides is 3. The molecule has 0 bridgehead atoms. The van der Waals surface area contributed by atoms with E-state index in [9.17, 15) is 18.0 Å². The highest BCUT2D eigenvalue weighted by atomic mass is 35.5. The molecule has 0 amide bonds. The summed E-state index contributed by atoms with van der Waals surface area (Å²) in [4.78, 5) is 16.2. The van der Waals surface area contributed by atoms with Crippen molar-refractivity contribution < 1.29 is 27.8 Å². The number of aromatic carboxylic acids is 1. The number of benzene rings is 1. The first-order valence-corrected chi connectivity index (χ1v) is 10.1. The molecule has 1 aliphatic heterocycles. The van der Waals surface area contributed by atoms with Crippen molar-refractivity contribution >= 4 is 18.4 Å². The molecule has 4 rings (SSSR count). The van der Waals surface area contributed by atoms with E-state index in [0.717, 1.165) is 36.4 Å². The molecule has 1 aromatic carbocycles. The van der Waals surface area contributed by atoms with Gasteiger partial charge in [-0.2, -0.15) is 0 Å². The summed E-state index contributed by atoms with van der Waals surface area (Å²) in [6, 6.07) is 6.15. The number of hydrogen-bond donors (Lipinski definition) is 2. The van der Waals surface area contributed by atoms with Crippen LogP contribution in [0.25, 0.3) is 0 Å². The maximum Gasteiger partial charge on any atom is 0.573 e. The quantitative estimate of drug-likeness (QED) is 0.637. The third-order valence-electron chi connectivity index (χ3n) is 5.66. The topological polar surface area (TPSA) is 79.6 Å². The van der Waals surface area contributed by atoms with Gasteiger partial charge in [-0.3, -0.25) is 0 Å². The number of rotatable bonds is 7. The standard InChI is InChI=1S/C16H21F3N2O.C5H6N2O2.ClH/c1-2-21-9-14-13(15(14)10-21)8-20-7-11-4-3-5-12(6-11)22-16(17,18)19;1-7-2-4(5(8)9)6-3-7;/h3-6,13-15,20H,2,7-10H2,1H3;2-3H,1H3,(H,8,9);1H. The lowest BCUT2D eigenvalue weighted by Gasteiger charge is -2.17. The van der Waals surface area contributed by atoms with Crippen LogP contribution in [0.3, 0.4) is 0 Å². The van der Waals surface area contributed by atoms with Crippen LogP contribution >= 0.6 is 12.4 Å². The summed E-state index contributed by atoms with van der Waals surface area (Å²) in [6.07, 6.45) is -1.74. The largest absolute Gasteiger partial charge is 0.573 e. The zero-order valence-electron chi connectivity index (χ0n) is 17.9. The first kappa shape index (κ1) is 26.0. The van der Waals surface area contributed by atoms with Crippen molar-refractivity contribution in [2.75, 3.05) is 26.2 Å². The number of likely N-dealkylation sites (tertiary alicyclic amines) is 1. The summed E-state index contributed by atoms with van der Waals surface area (Å²) in [5, 5.41) is 11.7. The van der Waals surface area contributed by atoms with E-state index < -0.39 is 12.3 Å². The highest BCUT2D eigenvalue weighted by Gasteiger charge is 2.54. The molecule has 0 spiro atoms. The molecular formula is C21H28ClF3N4O3. The monoisotopic (exact) mass is 476 g/mol. The number of fused-ring (bicyclic) bond motifs is 1. The number of carboxylic acid groups (broad SMARTS) is 1. The molecule has 1 aliphatic carbocycles. The van der Waals surface area contributed by atoms with Crippen LogP contribution in [0.5, 0.6) is 5.75 Å². The van der Waals surface area contributed by atoms with Crippen LogP contribution in [0.15, 0.2) is 36.8 Å². The zero-order valence-corrected chi connectivity index (χ0v) is 18.7. The molecule has 7 nitrogen and oxygen atoms in total. The molecule has 1 saturated heterocycles. The van der Waals surface area contributed by atoms with Crippen molar-refractivity contribution in [1.29, 1.82) is 0 Å². The van der Waals surface area contributed by atoms with Gasteiger partial charge in [-0.25, -0.2) is 9.78 Å². The summed E-state index contributed by atoms with van der Waals surface area (Å²) >= 11 is 0. The Morgan fingerprint density at radius 3 is 2.50 bits per heavy atom. The van der Waals surface area contributed by atoms with Gasteiger partial charge < -0.3 is 24.6 Å². The van der Waals surface area contributed by atoms with Crippen LogP contribution < -0.4 is 10.1 Å². The fourth-order valence-corrected chi connectivity index (χ4v) is 4.06. The van der Waals surface area contributed by atoms with E-state index in [-0.39, 0.29) is 23.9 Å². The third kappa shape index (κ3) is 7.39. The van der Waals surface area contributed by atoms with Gasteiger partial charge in [-0.05, 0) is 48.5 Å². The minimum absolute atomic E-state index is 0. The normalized spacial score (nSPS) is 21.7. The van der Waals surface area contributed by atoms with Crippen molar-refractivity contribution in [3.63, 3.8) is 0 Å². The number of imidazole rings is 1. The highest BCUT2D eigenvalue weighted by molar-refractivity contribution is 5.85. The Labute approximate surface area is 191 Å². The van der Waals surface area contributed by atoms with E-state index in [2.05, 4.69) is 26.9 Å². The number of aryl methyl sites for hydroxylation is 1. The van der Waals surface area contributed by atoms with Crippen LogP contribution in [-0.2, 0) is 13.6 Å². The SMILES string of the molecule is CCN1CC2C(CNCc3cccc(OC(F)(F)F)c3)C2C1.Cl.Cn1cnc(C(=O)O)c1. The molecular weight excluding hydrogens is 449 g/mol. The van der Waals surface area contributed by atoms with E-state index >= 15 is 0 Å². The Bertz CT molecular complexity index is 881. The predicted octanol–water partition coefficient (Wildman–Crippen LogP) is 3.41. The summed E-state index contributed by atoms with van der Waals surface area (Å²) in [6.45, 7) is 7.22. The van der Waals surface area contributed by atoms with E-state index in [1.807, 2.05) is 6.07 Å². The zero-order chi connectivity index (χ0) is 22.6. The van der Waals surface area contributed by atoms with Gasteiger partial charge in [0.15, 0.2) is 5.69 Å². The lowest BCUT2D eigenvalue weighted by atomic mass is 10.2. The lowest BCUT2D eigenvalue weighted by molar-refractivity contribution is -0.274. The molecule has 2 heterocycles. The van der Waals surface area contributed by atoms with Crippen molar-refractivity contribution in [1.82, 2.24) is 19.8 Å². The van der Waals surface area contributed by atoms with Crippen LogP contribution in [0.1, 0.15) is 23.0 Å². The predicted molar refractivity (Wildman–Crippen MR) is 115 cm³/mol. The van der Waals surface area contributed by atoms with Crippen molar-refractivity contribution in [2.45, 2.75) is 19.8 Å². The number of nitrogens with one attached hydrogen (secondary N) is 1. The van der Waals surface area contributed by atoms with Crippen molar-refractivity contribution in [3.05, 3.63) is 48.0 Å². The number of hydrogen-bond acceptors (Lipinski definition) is 5. The number of piperidine rings is 1. The Morgan fingerprint density at radius 2 is 2.00 bits per heavy atom. The smallest absolute Gasteiger partial charge is 0.476 e. The van der Waals surface area contributed by atoms with Gasteiger partial charge in [0.2, 0.25) is 0 Å². The molecule has 32 heavy (non-hydrogen) atoms. The second kappa shape index (κ2) is 11.0. The fourth-order valence-electron chi connectivity index (χ4n) is 4.06. The minimum atomic E-state index is -4.64. The molecule has 2 N–H and O–H groups in total.